The van der Waals surface area contributed by atoms with Crippen LogP contribution in [0.25, 0.3) is 22.3 Å². The van der Waals surface area contributed by atoms with Crippen LogP contribution in [0.15, 0.2) is 60.9 Å². The molecule has 7 heteroatoms. The van der Waals surface area contributed by atoms with Crippen molar-refractivity contribution >= 4 is 16.9 Å². The quantitative estimate of drug-likeness (QED) is 0.550. The first-order chi connectivity index (χ1) is 14.7. The molecule has 1 saturated heterocycles. The average Bonchev–Trinajstić information content (AvgIpc) is 3.40. The number of fused-ring (bicyclic) bond motifs is 1. The van der Waals surface area contributed by atoms with Gasteiger partial charge in [-0.2, -0.15) is 5.10 Å². The molecule has 0 unspecified atom stereocenters. The third kappa shape index (κ3) is 3.44. The summed E-state index contributed by atoms with van der Waals surface area (Å²) in [5.74, 6) is -0.0324. The molecular weight excluding hydrogens is 378 g/mol. The van der Waals surface area contributed by atoms with Gasteiger partial charge in [-0.05, 0) is 30.7 Å². The maximum atomic E-state index is 13.0. The Morgan fingerprint density at radius 3 is 2.83 bits per heavy atom. The number of rotatable bonds is 4. The molecule has 0 radical (unpaired) electrons. The minimum Gasteiger partial charge on any atom is -0.379 e. The predicted molar refractivity (Wildman–Crippen MR) is 113 cm³/mol. The standard InChI is InChI=1S/C23H21N5O2/c1-14-9-16(7-8-24-14)21-18-10-17(11-25-22(18)28-27-21)23(29)26-20-13-30-12-19(20)15-5-3-2-4-6-15/h2-11,19-20H,12-13H2,1H3,(H,26,29)(H,25,27,28)/t19-,20+/m0/s1. The van der Waals surface area contributed by atoms with E-state index in [1.54, 1.807) is 12.4 Å². The Balaban J connectivity index is 1.42. The molecule has 0 bridgehead atoms. The molecule has 4 heterocycles. The normalized spacial score (nSPS) is 18.6. The molecule has 0 saturated carbocycles. The Morgan fingerprint density at radius 1 is 1.13 bits per heavy atom. The van der Waals surface area contributed by atoms with Crippen LogP contribution in [0.4, 0.5) is 0 Å². The SMILES string of the molecule is Cc1cc(-c2n[nH]c3ncc(C(=O)N[C@@H]4COC[C@H]4c4ccccc4)cc23)ccn1. The number of hydrogen-bond acceptors (Lipinski definition) is 5. The van der Waals surface area contributed by atoms with Crippen LogP contribution in [0.3, 0.4) is 0 Å². The molecule has 1 aliphatic heterocycles. The zero-order valence-electron chi connectivity index (χ0n) is 16.5. The number of amides is 1. The summed E-state index contributed by atoms with van der Waals surface area (Å²) in [7, 11) is 0. The van der Waals surface area contributed by atoms with Crippen molar-refractivity contribution in [2.45, 2.75) is 18.9 Å². The maximum Gasteiger partial charge on any atom is 0.253 e. The number of aryl methyl sites for hydroxylation is 1. The number of ether oxygens (including phenoxy) is 1. The molecular formula is C23H21N5O2. The topological polar surface area (TPSA) is 92.8 Å². The van der Waals surface area contributed by atoms with E-state index in [-0.39, 0.29) is 17.9 Å². The molecule has 3 aromatic heterocycles. The molecule has 0 aliphatic carbocycles. The molecule has 2 atom stereocenters. The van der Waals surface area contributed by atoms with Crippen molar-refractivity contribution in [3.8, 4) is 11.3 Å². The first kappa shape index (κ1) is 18.4. The van der Waals surface area contributed by atoms with Crippen molar-refractivity contribution in [1.29, 1.82) is 0 Å². The fraction of sp³-hybridized carbons (Fsp3) is 0.217. The molecule has 1 aromatic carbocycles. The zero-order chi connectivity index (χ0) is 20.5. The summed E-state index contributed by atoms with van der Waals surface area (Å²) in [6.07, 6.45) is 3.32. The van der Waals surface area contributed by atoms with Crippen LogP contribution >= 0.6 is 0 Å². The smallest absolute Gasteiger partial charge is 0.253 e. The van der Waals surface area contributed by atoms with E-state index in [2.05, 4.69) is 37.6 Å². The number of benzene rings is 1. The Hall–Kier alpha value is -3.58. The minimum atomic E-state index is -0.168. The van der Waals surface area contributed by atoms with Crippen LogP contribution in [0, 0.1) is 6.92 Å². The number of carbonyl (C=O) groups excluding carboxylic acids is 1. The van der Waals surface area contributed by atoms with E-state index >= 15 is 0 Å². The van der Waals surface area contributed by atoms with Gasteiger partial charge in [-0.1, -0.05) is 30.3 Å². The van der Waals surface area contributed by atoms with Crippen LogP contribution in [0.1, 0.15) is 27.5 Å². The van der Waals surface area contributed by atoms with E-state index in [4.69, 9.17) is 4.74 Å². The molecule has 0 spiro atoms. The second kappa shape index (κ2) is 7.68. The molecule has 4 aromatic rings. The number of H-pyrrole nitrogens is 1. The van der Waals surface area contributed by atoms with Crippen molar-refractivity contribution in [2.24, 2.45) is 0 Å². The van der Waals surface area contributed by atoms with Gasteiger partial charge in [0.15, 0.2) is 5.65 Å². The van der Waals surface area contributed by atoms with E-state index in [0.29, 0.717) is 24.4 Å². The maximum absolute atomic E-state index is 13.0. The van der Waals surface area contributed by atoms with E-state index in [0.717, 1.165) is 22.3 Å². The van der Waals surface area contributed by atoms with Gasteiger partial charge >= 0.3 is 0 Å². The molecule has 7 nitrogen and oxygen atoms in total. The Morgan fingerprint density at radius 2 is 2.00 bits per heavy atom. The van der Waals surface area contributed by atoms with Crippen LogP contribution in [0.5, 0.6) is 0 Å². The van der Waals surface area contributed by atoms with E-state index in [1.165, 1.54) is 5.56 Å². The molecule has 30 heavy (non-hydrogen) atoms. The number of pyridine rings is 2. The Labute approximate surface area is 173 Å². The summed E-state index contributed by atoms with van der Waals surface area (Å²) in [5.41, 5.74) is 4.89. The third-order valence-corrected chi connectivity index (χ3v) is 5.47. The molecule has 1 fully saturated rings. The van der Waals surface area contributed by atoms with Crippen LogP contribution in [0.2, 0.25) is 0 Å². The lowest BCUT2D eigenvalue weighted by molar-refractivity contribution is 0.0928. The fourth-order valence-corrected chi connectivity index (χ4v) is 3.92. The number of hydrogen-bond donors (Lipinski definition) is 2. The molecule has 1 aliphatic rings. The molecule has 150 valence electrons. The molecule has 5 rings (SSSR count). The Kier molecular flexibility index (Phi) is 4.72. The highest BCUT2D eigenvalue weighted by Crippen LogP contribution is 2.28. The lowest BCUT2D eigenvalue weighted by Crippen LogP contribution is -2.39. The van der Waals surface area contributed by atoms with Gasteiger partial charge in [0, 0.05) is 35.0 Å². The van der Waals surface area contributed by atoms with Gasteiger partial charge in [0.05, 0.1) is 24.8 Å². The number of nitrogens with zero attached hydrogens (tertiary/aromatic N) is 3. The van der Waals surface area contributed by atoms with Crippen LogP contribution < -0.4 is 5.32 Å². The van der Waals surface area contributed by atoms with E-state index in [9.17, 15) is 4.79 Å². The van der Waals surface area contributed by atoms with Crippen LogP contribution in [-0.2, 0) is 4.74 Å². The monoisotopic (exact) mass is 399 g/mol. The molecule has 2 N–H and O–H groups in total. The number of nitrogens with one attached hydrogen (secondary N) is 2. The van der Waals surface area contributed by atoms with E-state index < -0.39 is 0 Å². The second-order valence-corrected chi connectivity index (χ2v) is 7.51. The summed E-state index contributed by atoms with van der Waals surface area (Å²) in [6.45, 7) is 3.02. The highest BCUT2D eigenvalue weighted by atomic mass is 16.5. The average molecular weight is 399 g/mol. The summed E-state index contributed by atoms with van der Waals surface area (Å²) < 4.78 is 5.66. The summed E-state index contributed by atoms with van der Waals surface area (Å²) in [5, 5.41) is 11.3. The van der Waals surface area contributed by atoms with Crippen molar-refractivity contribution in [2.75, 3.05) is 13.2 Å². The fourth-order valence-electron chi connectivity index (χ4n) is 3.92. The van der Waals surface area contributed by atoms with E-state index in [1.807, 2.05) is 43.3 Å². The van der Waals surface area contributed by atoms with Gasteiger partial charge in [-0.3, -0.25) is 14.9 Å². The second-order valence-electron chi connectivity index (χ2n) is 7.51. The number of aromatic amines is 1. The van der Waals surface area contributed by atoms with Gasteiger partial charge in [-0.25, -0.2) is 4.98 Å². The summed E-state index contributed by atoms with van der Waals surface area (Å²) in [4.78, 5) is 21.6. The lowest BCUT2D eigenvalue weighted by Gasteiger charge is -2.19. The third-order valence-electron chi connectivity index (χ3n) is 5.47. The van der Waals surface area contributed by atoms with Gasteiger partial charge in [0.25, 0.3) is 5.91 Å². The van der Waals surface area contributed by atoms with Crippen molar-refractivity contribution in [3.05, 3.63) is 77.7 Å². The first-order valence-electron chi connectivity index (χ1n) is 9.90. The molecule has 1 amide bonds. The van der Waals surface area contributed by atoms with Gasteiger partial charge < -0.3 is 10.1 Å². The number of aromatic nitrogens is 4. The summed E-state index contributed by atoms with van der Waals surface area (Å²) in [6, 6.07) is 15.7. The predicted octanol–water partition coefficient (Wildman–Crippen LogP) is 3.24. The van der Waals surface area contributed by atoms with Gasteiger partial charge in [0.1, 0.15) is 5.69 Å². The number of carbonyl (C=O) groups is 1. The highest BCUT2D eigenvalue weighted by molar-refractivity contribution is 6.00. The van der Waals surface area contributed by atoms with Gasteiger partial charge in [-0.15, -0.1) is 0 Å². The van der Waals surface area contributed by atoms with Crippen molar-refractivity contribution in [3.63, 3.8) is 0 Å². The Bertz CT molecular complexity index is 1200. The first-order valence-corrected chi connectivity index (χ1v) is 9.90. The minimum absolute atomic E-state index is 0.0812. The van der Waals surface area contributed by atoms with Crippen molar-refractivity contribution in [1.82, 2.24) is 25.5 Å². The summed E-state index contributed by atoms with van der Waals surface area (Å²) >= 11 is 0. The largest absolute Gasteiger partial charge is 0.379 e. The highest BCUT2D eigenvalue weighted by Gasteiger charge is 2.31. The van der Waals surface area contributed by atoms with Gasteiger partial charge in [0.2, 0.25) is 0 Å². The van der Waals surface area contributed by atoms with Crippen LogP contribution in [-0.4, -0.2) is 45.3 Å². The lowest BCUT2D eigenvalue weighted by atomic mass is 9.94. The van der Waals surface area contributed by atoms with Crippen molar-refractivity contribution < 1.29 is 9.53 Å². The zero-order valence-corrected chi connectivity index (χ0v) is 16.5.